The molecule has 0 unspecified atom stereocenters. The van der Waals surface area contributed by atoms with Gasteiger partial charge < -0.3 is 9.47 Å². The van der Waals surface area contributed by atoms with Crippen LogP contribution >= 0.6 is 15.9 Å². The van der Waals surface area contributed by atoms with Crippen molar-refractivity contribution in [1.82, 2.24) is 0 Å². The van der Waals surface area contributed by atoms with E-state index in [9.17, 15) is 0 Å². The standard InChI is InChI=1S/C16H14BrNO2/c1-11-3-5-14(17)8-16(11)20-10-12-4-6-15(19-2)13(7-12)9-18/h3-8H,10H2,1-2H3. The fraction of sp³-hybridized carbons (Fsp3) is 0.188. The lowest BCUT2D eigenvalue weighted by Gasteiger charge is -2.10. The molecule has 0 bridgehead atoms. The molecule has 4 heteroatoms. The van der Waals surface area contributed by atoms with E-state index in [0.29, 0.717) is 17.9 Å². The lowest BCUT2D eigenvalue weighted by molar-refractivity contribution is 0.303. The van der Waals surface area contributed by atoms with Gasteiger partial charge in [-0.1, -0.05) is 28.1 Å². The third-order valence-electron chi connectivity index (χ3n) is 2.93. The zero-order valence-electron chi connectivity index (χ0n) is 11.3. The highest BCUT2D eigenvalue weighted by molar-refractivity contribution is 9.10. The van der Waals surface area contributed by atoms with Crippen LogP contribution in [-0.2, 0) is 6.61 Å². The Labute approximate surface area is 126 Å². The van der Waals surface area contributed by atoms with Crippen molar-refractivity contribution in [1.29, 1.82) is 5.26 Å². The largest absolute Gasteiger partial charge is 0.495 e. The Morgan fingerprint density at radius 3 is 2.65 bits per heavy atom. The lowest BCUT2D eigenvalue weighted by atomic mass is 10.1. The van der Waals surface area contributed by atoms with Crippen LogP contribution < -0.4 is 9.47 Å². The molecule has 0 aromatic heterocycles. The molecule has 0 spiro atoms. The van der Waals surface area contributed by atoms with Crippen molar-refractivity contribution in [3.63, 3.8) is 0 Å². The molecule has 0 aliphatic heterocycles. The zero-order chi connectivity index (χ0) is 14.5. The Kier molecular flexibility index (Phi) is 4.65. The fourth-order valence-electron chi connectivity index (χ4n) is 1.82. The summed E-state index contributed by atoms with van der Waals surface area (Å²) in [6.07, 6.45) is 0. The predicted octanol–water partition coefficient (Wildman–Crippen LogP) is 4.22. The highest BCUT2D eigenvalue weighted by Crippen LogP contribution is 2.25. The summed E-state index contributed by atoms with van der Waals surface area (Å²) in [7, 11) is 1.55. The Hall–Kier alpha value is -1.99. The average Bonchev–Trinajstić information content (AvgIpc) is 2.47. The first kappa shape index (κ1) is 14.4. The van der Waals surface area contributed by atoms with Crippen molar-refractivity contribution in [2.45, 2.75) is 13.5 Å². The van der Waals surface area contributed by atoms with E-state index in [1.54, 1.807) is 19.2 Å². The van der Waals surface area contributed by atoms with Gasteiger partial charge >= 0.3 is 0 Å². The number of ether oxygens (including phenoxy) is 2. The molecule has 0 heterocycles. The number of hydrogen-bond acceptors (Lipinski definition) is 3. The molecule has 0 atom stereocenters. The number of hydrogen-bond donors (Lipinski definition) is 0. The molecule has 0 fully saturated rings. The molecule has 0 radical (unpaired) electrons. The Bertz CT molecular complexity index is 662. The van der Waals surface area contributed by atoms with Crippen molar-refractivity contribution in [2.24, 2.45) is 0 Å². The normalized spacial score (nSPS) is 9.90. The third kappa shape index (κ3) is 3.31. The maximum atomic E-state index is 9.06. The summed E-state index contributed by atoms with van der Waals surface area (Å²) in [4.78, 5) is 0. The van der Waals surface area contributed by atoms with Crippen LogP contribution in [0.25, 0.3) is 0 Å². The number of halogens is 1. The second-order valence-corrected chi connectivity index (χ2v) is 5.26. The average molecular weight is 332 g/mol. The molecular formula is C16H14BrNO2. The van der Waals surface area contributed by atoms with Gasteiger partial charge in [0.2, 0.25) is 0 Å². The van der Waals surface area contributed by atoms with E-state index < -0.39 is 0 Å². The van der Waals surface area contributed by atoms with Gasteiger partial charge in [-0.25, -0.2) is 0 Å². The Balaban J connectivity index is 2.15. The van der Waals surface area contributed by atoms with Gasteiger partial charge in [0.25, 0.3) is 0 Å². The van der Waals surface area contributed by atoms with E-state index in [2.05, 4.69) is 22.0 Å². The maximum Gasteiger partial charge on any atom is 0.136 e. The molecule has 2 rings (SSSR count). The molecule has 0 saturated heterocycles. The number of aryl methyl sites for hydroxylation is 1. The van der Waals surface area contributed by atoms with Crippen molar-refractivity contribution in [2.75, 3.05) is 7.11 Å². The second-order valence-electron chi connectivity index (χ2n) is 4.34. The minimum atomic E-state index is 0.413. The van der Waals surface area contributed by atoms with Crippen molar-refractivity contribution in [3.8, 4) is 17.6 Å². The molecule has 0 amide bonds. The Morgan fingerprint density at radius 2 is 1.95 bits per heavy atom. The van der Waals surface area contributed by atoms with E-state index in [1.165, 1.54) is 0 Å². The molecule has 0 aliphatic rings. The first-order valence-electron chi connectivity index (χ1n) is 6.10. The summed E-state index contributed by atoms with van der Waals surface area (Å²) in [5.74, 6) is 1.41. The minimum Gasteiger partial charge on any atom is -0.495 e. The monoisotopic (exact) mass is 331 g/mol. The molecule has 0 saturated carbocycles. The van der Waals surface area contributed by atoms with Crippen LogP contribution in [-0.4, -0.2) is 7.11 Å². The van der Waals surface area contributed by atoms with Gasteiger partial charge in [0.1, 0.15) is 24.2 Å². The van der Waals surface area contributed by atoms with Crippen LogP contribution in [0.1, 0.15) is 16.7 Å². The minimum absolute atomic E-state index is 0.413. The van der Waals surface area contributed by atoms with Gasteiger partial charge in [-0.2, -0.15) is 5.26 Å². The maximum absolute atomic E-state index is 9.06. The molecule has 2 aromatic carbocycles. The molecule has 0 N–H and O–H groups in total. The number of benzene rings is 2. The smallest absolute Gasteiger partial charge is 0.136 e. The quantitative estimate of drug-likeness (QED) is 0.842. The van der Waals surface area contributed by atoms with Crippen LogP contribution in [0.2, 0.25) is 0 Å². The van der Waals surface area contributed by atoms with E-state index in [1.807, 2.05) is 31.2 Å². The van der Waals surface area contributed by atoms with E-state index in [4.69, 9.17) is 14.7 Å². The fourth-order valence-corrected chi connectivity index (χ4v) is 2.16. The molecule has 2 aromatic rings. The van der Waals surface area contributed by atoms with E-state index in [0.717, 1.165) is 21.3 Å². The van der Waals surface area contributed by atoms with Gasteiger partial charge in [0.05, 0.1) is 12.7 Å². The first-order valence-corrected chi connectivity index (χ1v) is 6.89. The van der Waals surface area contributed by atoms with Crippen LogP contribution in [0.4, 0.5) is 0 Å². The SMILES string of the molecule is COc1ccc(COc2cc(Br)ccc2C)cc1C#N. The number of nitriles is 1. The van der Waals surface area contributed by atoms with E-state index in [-0.39, 0.29) is 0 Å². The summed E-state index contributed by atoms with van der Waals surface area (Å²) in [5, 5.41) is 9.06. The van der Waals surface area contributed by atoms with Crippen molar-refractivity contribution < 1.29 is 9.47 Å². The van der Waals surface area contributed by atoms with Gasteiger partial charge in [-0.3, -0.25) is 0 Å². The third-order valence-corrected chi connectivity index (χ3v) is 3.42. The molecule has 3 nitrogen and oxygen atoms in total. The van der Waals surface area contributed by atoms with Crippen molar-refractivity contribution in [3.05, 3.63) is 57.6 Å². The predicted molar refractivity (Wildman–Crippen MR) is 80.9 cm³/mol. The number of nitrogens with zero attached hydrogens (tertiary/aromatic N) is 1. The first-order chi connectivity index (χ1) is 9.63. The zero-order valence-corrected chi connectivity index (χ0v) is 12.9. The highest BCUT2D eigenvalue weighted by atomic mass is 79.9. The summed E-state index contributed by atoms with van der Waals surface area (Å²) in [6.45, 7) is 2.41. The van der Waals surface area contributed by atoms with Gasteiger partial charge in [0.15, 0.2) is 0 Å². The van der Waals surface area contributed by atoms with Crippen LogP contribution in [0, 0.1) is 18.3 Å². The van der Waals surface area contributed by atoms with Crippen LogP contribution in [0.5, 0.6) is 11.5 Å². The van der Waals surface area contributed by atoms with Gasteiger partial charge in [-0.05, 0) is 42.3 Å². The van der Waals surface area contributed by atoms with Gasteiger partial charge in [0, 0.05) is 4.47 Å². The summed E-state index contributed by atoms with van der Waals surface area (Å²) < 4.78 is 11.9. The number of rotatable bonds is 4. The van der Waals surface area contributed by atoms with Crippen LogP contribution in [0.3, 0.4) is 0 Å². The molecule has 0 aliphatic carbocycles. The molecule has 102 valence electrons. The highest BCUT2D eigenvalue weighted by Gasteiger charge is 2.05. The van der Waals surface area contributed by atoms with E-state index >= 15 is 0 Å². The summed E-state index contributed by atoms with van der Waals surface area (Å²) >= 11 is 3.42. The molecule has 20 heavy (non-hydrogen) atoms. The lowest BCUT2D eigenvalue weighted by Crippen LogP contribution is -1.98. The summed E-state index contributed by atoms with van der Waals surface area (Å²) in [6, 6.07) is 13.5. The van der Waals surface area contributed by atoms with Crippen LogP contribution in [0.15, 0.2) is 40.9 Å². The Morgan fingerprint density at radius 1 is 1.15 bits per heavy atom. The number of methoxy groups -OCH3 is 1. The second kappa shape index (κ2) is 6.44. The van der Waals surface area contributed by atoms with Gasteiger partial charge in [-0.15, -0.1) is 0 Å². The molecular weight excluding hydrogens is 318 g/mol. The topological polar surface area (TPSA) is 42.2 Å². The van der Waals surface area contributed by atoms with Crippen molar-refractivity contribution >= 4 is 15.9 Å². The summed E-state index contributed by atoms with van der Waals surface area (Å²) in [5.41, 5.74) is 2.52.